The van der Waals surface area contributed by atoms with Gasteiger partial charge in [-0.15, -0.1) is 0 Å². The standard InChI is InChI=1S/C31H36FN3O6Si/c1-42(2,3)17-16-40-20-35-28(36)14-13-27(31(35)39)34-19-25-21(9-7-10-23(25)30(34)38)8-5-4-6-15-41-22-11-12-24(29(33)37)26(32)18-22/h7,9-12,18,27H,4,6,13-17,19-20H2,1-3H3,(H2,33,37). The van der Waals surface area contributed by atoms with Gasteiger partial charge in [-0.2, -0.15) is 0 Å². The van der Waals surface area contributed by atoms with Gasteiger partial charge in [-0.3, -0.25) is 24.1 Å². The van der Waals surface area contributed by atoms with Crippen molar-refractivity contribution in [2.45, 2.75) is 64.0 Å². The van der Waals surface area contributed by atoms with Crippen molar-refractivity contribution in [2.75, 3.05) is 19.9 Å². The number of benzene rings is 2. The van der Waals surface area contributed by atoms with E-state index in [1.54, 1.807) is 12.1 Å². The number of primary amides is 1. The van der Waals surface area contributed by atoms with Crippen LogP contribution < -0.4 is 10.5 Å². The van der Waals surface area contributed by atoms with E-state index in [4.69, 9.17) is 15.2 Å². The van der Waals surface area contributed by atoms with Crippen molar-refractivity contribution in [2.24, 2.45) is 5.73 Å². The molecule has 0 aliphatic carbocycles. The Kier molecular flexibility index (Phi) is 9.80. The van der Waals surface area contributed by atoms with E-state index in [0.717, 1.165) is 22.6 Å². The number of rotatable bonds is 11. The molecule has 2 aromatic rings. The molecule has 2 heterocycles. The van der Waals surface area contributed by atoms with Gasteiger partial charge in [0.15, 0.2) is 0 Å². The first-order valence-electron chi connectivity index (χ1n) is 14.0. The molecule has 2 aliphatic rings. The number of unbranched alkanes of at least 4 members (excludes halogenated alkanes) is 1. The molecule has 1 atom stereocenters. The van der Waals surface area contributed by atoms with E-state index in [9.17, 15) is 23.6 Å². The molecule has 0 aromatic heterocycles. The second-order valence-electron chi connectivity index (χ2n) is 11.6. The Morgan fingerprint density at radius 2 is 1.93 bits per heavy atom. The van der Waals surface area contributed by atoms with Gasteiger partial charge in [0.1, 0.15) is 24.3 Å². The predicted molar refractivity (Wildman–Crippen MR) is 157 cm³/mol. The number of carbonyl (C=O) groups is 4. The molecule has 11 heteroatoms. The first kappa shape index (κ1) is 30.9. The van der Waals surface area contributed by atoms with Gasteiger partial charge in [0.2, 0.25) is 5.91 Å². The van der Waals surface area contributed by atoms with Crippen LogP contribution in [0, 0.1) is 17.7 Å². The predicted octanol–water partition coefficient (Wildman–Crippen LogP) is 3.92. The Hall–Kier alpha value is -4.01. The van der Waals surface area contributed by atoms with Crippen LogP contribution in [-0.2, 0) is 20.9 Å². The van der Waals surface area contributed by atoms with Crippen LogP contribution >= 0.6 is 0 Å². The van der Waals surface area contributed by atoms with Gasteiger partial charge in [0.05, 0.1) is 12.2 Å². The first-order chi connectivity index (χ1) is 20.0. The minimum atomic E-state index is -1.31. The Balaban J connectivity index is 1.33. The van der Waals surface area contributed by atoms with Crippen LogP contribution in [-0.4, -0.2) is 67.5 Å². The van der Waals surface area contributed by atoms with Crippen molar-refractivity contribution in [3.63, 3.8) is 0 Å². The van der Waals surface area contributed by atoms with Crippen molar-refractivity contribution in [3.8, 4) is 17.6 Å². The highest BCUT2D eigenvalue weighted by Gasteiger charge is 2.43. The van der Waals surface area contributed by atoms with Gasteiger partial charge in [0, 0.05) is 51.3 Å². The van der Waals surface area contributed by atoms with Gasteiger partial charge in [-0.1, -0.05) is 37.5 Å². The van der Waals surface area contributed by atoms with Crippen LogP contribution in [0.15, 0.2) is 36.4 Å². The van der Waals surface area contributed by atoms with Gasteiger partial charge < -0.3 is 20.1 Å². The maximum absolute atomic E-state index is 13.9. The first-order valence-corrected chi connectivity index (χ1v) is 17.7. The molecule has 1 unspecified atom stereocenters. The number of carbonyl (C=O) groups excluding carboxylic acids is 4. The van der Waals surface area contributed by atoms with Crippen LogP contribution in [0.25, 0.3) is 0 Å². The molecular formula is C31H36FN3O6Si. The number of nitrogens with zero attached hydrogens (tertiary/aromatic N) is 2. The summed E-state index contributed by atoms with van der Waals surface area (Å²) in [5.74, 6) is 4.01. The minimum absolute atomic E-state index is 0.0955. The number of amides is 4. The third-order valence-electron chi connectivity index (χ3n) is 7.22. The number of imide groups is 1. The Morgan fingerprint density at radius 1 is 1.14 bits per heavy atom. The zero-order valence-corrected chi connectivity index (χ0v) is 25.2. The topological polar surface area (TPSA) is 119 Å². The molecular weight excluding hydrogens is 557 g/mol. The Labute approximate surface area is 246 Å². The maximum atomic E-state index is 13.9. The highest BCUT2D eigenvalue weighted by atomic mass is 28.3. The zero-order valence-electron chi connectivity index (χ0n) is 24.2. The third-order valence-corrected chi connectivity index (χ3v) is 8.92. The van der Waals surface area contributed by atoms with Crippen LogP contribution in [0.4, 0.5) is 4.39 Å². The summed E-state index contributed by atoms with van der Waals surface area (Å²) in [4.78, 5) is 52.9. The smallest absolute Gasteiger partial charge is 0.255 e. The number of nitrogens with two attached hydrogens (primary N) is 1. The summed E-state index contributed by atoms with van der Waals surface area (Å²) < 4.78 is 25.1. The molecule has 0 spiro atoms. The summed E-state index contributed by atoms with van der Waals surface area (Å²) >= 11 is 0. The average Bonchev–Trinajstić information content (AvgIpc) is 3.26. The molecule has 222 valence electrons. The lowest BCUT2D eigenvalue weighted by molar-refractivity contribution is -0.158. The summed E-state index contributed by atoms with van der Waals surface area (Å²) in [7, 11) is -1.31. The lowest BCUT2D eigenvalue weighted by atomic mass is 10.0. The Morgan fingerprint density at radius 3 is 2.64 bits per heavy atom. The fraction of sp³-hybridized carbons (Fsp3) is 0.419. The highest BCUT2D eigenvalue weighted by molar-refractivity contribution is 6.76. The van der Waals surface area contributed by atoms with Crippen LogP contribution in [0.3, 0.4) is 0 Å². The van der Waals surface area contributed by atoms with E-state index in [2.05, 4.69) is 31.5 Å². The van der Waals surface area contributed by atoms with Crippen molar-refractivity contribution in [3.05, 3.63) is 64.5 Å². The number of halogens is 1. The molecule has 2 aliphatic heterocycles. The fourth-order valence-corrected chi connectivity index (χ4v) is 5.55. The molecule has 0 bridgehead atoms. The van der Waals surface area contributed by atoms with Crippen molar-refractivity contribution in [1.82, 2.24) is 9.80 Å². The number of ether oxygens (including phenoxy) is 2. The second kappa shape index (κ2) is 13.3. The zero-order chi connectivity index (χ0) is 30.4. The minimum Gasteiger partial charge on any atom is -0.493 e. The summed E-state index contributed by atoms with van der Waals surface area (Å²) in [6.07, 6.45) is 1.52. The quantitative estimate of drug-likeness (QED) is 0.183. The summed E-state index contributed by atoms with van der Waals surface area (Å²) in [5.41, 5.74) is 6.90. The molecule has 1 saturated heterocycles. The molecule has 4 amide bonds. The van der Waals surface area contributed by atoms with E-state index in [1.807, 2.05) is 6.07 Å². The SMILES string of the molecule is C[Si](C)(C)CCOCN1C(=O)CCC(N2Cc3c(C#CCCCOc4ccc(C(N)=O)c(F)c4)cccc3C2=O)C1=O. The van der Waals surface area contributed by atoms with E-state index in [1.165, 1.54) is 17.0 Å². The average molecular weight is 594 g/mol. The molecule has 2 N–H and O–H groups in total. The lowest BCUT2D eigenvalue weighted by Gasteiger charge is -2.35. The number of fused-ring (bicyclic) bond motifs is 1. The van der Waals surface area contributed by atoms with E-state index < -0.39 is 31.7 Å². The van der Waals surface area contributed by atoms with Crippen LogP contribution in [0.2, 0.25) is 25.7 Å². The highest BCUT2D eigenvalue weighted by Crippen LogP contribution is 2.31. The third kappa shape index (κ3) is 7.43. The van der Waals surface area contributed by atoms with Crippen LogP contribution in [0.5, 0.6) is 5.75 Å². The van der Waals surface area contributed by atoms with Crippen molar-refractivity contribution >= 4 is 31.7 Å². The Bertz CT molecular complexity index is 1440. The van der Waals surface area contributed by atoms with E-state index in [0.29, 0.717) is 42.9 Å². The summed E-state index contributed by atoms with van der Waals surface area (Å²) in [6, 6.07) is 9.42. The van der Waals surface area contributed by atoms with Crippen molar-refractivity contribution < 1.29 is 33.0 Å². The summed E-state index contributed by atoms with van der Waals surface area (Å²) in [6.45, 7) is 7.61. The molecule has 2 aromatic carbocycles. The molecule has 42 heavy (non-hydrogen) atoms. The lowest BCUT2D eigenvalue weighted by Crippen LogP contribution is -2.55. The van der Waals surface area contributed by atoms with Crippen LogP contribution in [0.1, 0.15) is 57.5 Å². The van der Waals surface area contributed by atoms with Gasteiger partial charge >= 0.3 is 0 Å². The number of likely N-dealkylation sites (tertiary alicyclic amines) is 1. The summed E-state index contributed by atoms with van der Waals surface area (Å²) in [5, 5.41) is 0. The maximum Gasteiger partial charge on any atom is 0.255 e. The van der Waals surface area contributed by atoms with Gasteiger partial charge in [-0.05, 0) is 48.7 Å². The monoisotopic (exact) mass is 593 g/mol. The fourth-order valence-electron chi connectivity index (χ4n) is 4.80. The normalized spacial score (nSPS) is 16.8. The van der Waals surface area contributed by atoms with E-state index in [-0.39, 0.29) is 43.5 Å². The van der Waals surface area contributed by atoms with Crippen molar-refractivity contribution in [1.29, 1.82) is 0 Å². The van der Waals surface area contributed by atoms with Gasteiger partial charge in [0.25, 0.3) is 17.7 Å². The van der Waals surface area contributed by atoms with Gasteiger partial charge in [-0.25, -0.2) is 4.39 Å². The molecule has 0 radical (unpaired) electrons. The second-order valence-corrected chi connectivity index (χ2v) is 17.2. The molecule has 1 fully saturated rings. The largest absolute Gasteiger partial charge is 0.493 e. The molecule has 0 saturated carbocycles. The number of hydrogen-bond donors (Lipinski definition) is 1. The van der Waals surface area contributed by atoms with E-state index >= 15 is 0 Å². The molecule has 4 rings (SSSR count). The number of hydrogen-bond acceptors (Lipinski definition) is 6. The number of piperidine rings is 1. The molecule has 9 nitrogen and oxygen atoms in total.